The van der Waals surface area contributed by atoms with Gasteiger partial charge < -0.3 is 10.2 Å². The van der Waals surface area contributed by atoms with Gasteiger partial charge in [0.1, 0.15) is 5.75 Å². The number of H-pyrrole nitrogens is 1. The molecular formula is C20H20N2O3. The molecule has 0 radical (unpaired) electrons. The molecule has 2 aromatic carbocycles. The molecule has 4 rings (SSSR count). The van der Waals surface area contributed by atoms with Crippen LogP contribution in [-0.2, 0) is 0 Å². The van der Waals surface area contributed by atoms with Crippen molar-refractivity contribution in [2.75, 3.05) is 0 Å². The van der Waals surface area contributed by atoms with E-state index >= 15 is 0 Å². The van der Waals surface area contributed by atoms with Crippen LogP contribution in [0.25, 0.3) is 10.9 Å². The molecule has 0 bridgehead atoms. The second-order valence-electron chi connectivity index (χ2n) is 6.76. The zero-order chi connectivity index (χ0) is 17.4. The quantitative estimate of drug-likeness (QED) is 0.661. The van der Waals surface area contributed by atoms with E-state index in [2.05, 4.69) is 10.2 Å². The molecule has 25 heavy (non-hydrogen) atoms. The first-order valence-corrected chi connectivity index (χ1v) is 8.64. The summed E-state index contributed by atoms with van der Waals surface area (Å²) in [5.74, 6) is 0.0338. The number of aromatic amines is 1. The predicted molar refractivity (Wildman–Crippen MR) is 95.1 cm³/mol. The van der Waals surface area contributed by atoms with Crippen molar-refractivity contribution in [2.24, 2.45) is 0 Å². The number of carboxylic acid groups (broad SMARTS) is 1. The molecule has 0 aliphatic heterocycles. The number of phenolic OH excluding ortho intramolecular Hbond substituents is 1. The van der Waals surface area contributed by atoms with Gasteiger partial charge in [0, 0.05) is 17.0 Å². The van der Waals surface area contributed by atoms with Crippen molar-refractivity contribution in [2.45, 2.75) is 37.5 Å². The third-order valence-corrected chi connectivity index (χ3v) is 5.29. The van der Waals surface area contributed by atoms with Crippen LogP contribution in [0.5, 0.6) is 5.75 Å². The van der Waals surface area contributed by atoms with Gasteiger partial charge in [0.2, 0.25) is 0 Å². The molecule has 5 nitrogen and oxygen atoms in total. The molecule has 0 spiro atoms. The number of aromatic carboxylic acids is 1. The van der Waals surface area contributed by atoms with E-state index in [1.54, 1.807) is 24.3 Å². The minimum absolute atomic E-state index is 0.254. The molecule has 3 N–H and O–H groups in total. The van der Waals surface area contributed by atoms with Gasteiger partial charge >= 0.3 is 5.97 Å². The van der Waals surface area contributed by atoms with Crippen LogP contribution in [0.2, 0.25) is 0 Å². The van der Waals surface area contributed by atoms with E-state index in [1.807, 2.05) is 18.2 Å². The first kappa shape index (κ1) is 15.7. The van der Waals surface area contributed by atoms with Gasteiger partial charge in [0.25, 0.3) is 0 Å². The summed E-state index contributed by atoms with van der Waals surface area (Å²) in [6.07, 6.45) is 4.54. The van der Waals surface area contributed by atoms with Crippen molar-refractivity contribution in [3.8, 4) is 5.75 Å². The smallest absolute Gasteiger partial charge is 0.335 e. The Morgan fingerprint density at radius 3 is 2.48 bits per heavy atom. The van der Waals surface area contributed by atoms with E-state index in [-0.39, 0.29) is 11.3 Å². The number of phenols is 1. The number of nitrogens with zero attached hydrogens (tertiary/aromatic N) is 1. The number of hydrogen-bond acceptors (Lipinski definition) is 3. The molecule has 1 saturated carbocycles. The highest BCUT2D eigenvalue weighted by molar-refractivity contribution is 5.93. The van der Waals surface area contributed by atoms with Gasteiger partial charge in [-0.2, -0.15) is 5.10 Å². The van der Waals surface area contributed by atoms with Crippen molar-refractivity contribution in [1.29, 1.82) is 0 Å². The minimum Gasteiger partial charge on any atom is -0.508 e. The summed E-state index contributed by atoms with van der Waals surface area (Å²) in [7, 11) is 0. The monoisotopic (exact) mass is 336 g/mol. The van der Waals surface area contributed by atoms with E-state index in [4.69, 9.17) is 5.11 Å². The Balaban J connectivity index is 1.74. The van der Waals surface area contributed by atoms with E-state index < -0.39 is 5.97 Å². The zero-order valence-electron chi connectivity index (χ0n) is 13.8. The normalized spacial score (nSPS) is 20.6. The highest BCUT2D eigenvalue weighted by atomic mass is 16.4. The lowest BCUT2D eigenvalue weighted by molar-refractivity contribution is 0.0697. The fraction of sp³-hybridized carbons (Fsp3) is 0.300. The summed E-state index contributed by atoms with van der Waals surface area (Å²) in [5.41, 5.74) is 3.27. The van der Waals surface area contributed by atoms with Gasteiger partial charge in [0.05, 0.1) is 11.1 Å². The predicted octanol–water partition coefficient (Wildman–Crippen LogP) is 4.41. The van der Waals surface area contributed by atoms with Crippen molar-refractivity contribution in [1.82, 2.24) is 10.2 Å². The van der Waals surface area contributed by atoms with Gasteiger partial charge in [-0.25, -0.2) is 4.79 Å². The second kappa shape index (κ2) is 6.24. The van der Waals surface area contributed by atoms with Crippen LogP contribution < -0.4 is 0 Å². The van der Waals surface area contributed by atoms with Crippen molar-refractivity contribution >= 4 is 16.9 Å². The molecule has 1 aliphatic rings. The summed E-state index contributed by atoms with van der Waals surface area (Å²) in [6.45, 7) is 0. The Morgan fingerprint density at radius 2 is 1.76 bits per heavy atom. The highest BCUT2D eigenvalue weighted by Gasteiger charge is 2.30. The fourth-order valence-electron chi connectivity index (χ4n) is 4.05. The Bertz CT molecular complexity index is 914. The molecule has 128 valence electrons. The number of aromatic hydroxyl groups is 1. The van der Waals surface area contributed by atoms with E-state index in [0.717, 1.165) is 23.9 Å². The summed E-state index contributed by atoms with van der Waals surface area (Å²) >= 11 is 0. The Labute approximate surface area is 145 Å². The molecule has 2 unspecified atom stereocenters. The van der Waals surface area contributed by atoms with Crippen LogP contribution in [-0.4, -0.2) is 26.4 Å². The molecule has 3 aromatic rings. The number of carboxylic acids is 1. The third-order valence-electron chi connectivity index (χ3n) is 5.29. The SMILES string of the molecule is O=C(O)c1ccc2c(C3CCCCC3c3ccc(O)cc3)[nH]nc2c1. The Hall–Kier alpha value is -2.82. The van der Waals surface area contributed by atoms with E-state index in [9.17, 15) is 9.90 Å². The number of carbonyl (C=O) groups is 1. The van der Waals surface area contributed by atoms with Gasteiger partial charge in [-0.3, -0.25) is 5.10 Å². The highest BCUT2D eigenvalue weighted by Crippen LogP contribution is 2.45. The van der Waals surface area contributed by atoms with Gasteiger partial charge in [-0.1, -0.05) is 31.0 Å². The lowest BCUT2D eigenvalue weighted by Gasteiger charge is -2.31. The number of rotatable bonds is 3. The fourth-order valence-corrected chi connectivity index (χ4v) is 4.05. The number of nitrogens with one attached hydrogen (secondary N) is 1. The lowest BCUT2D eigenvalue weighted by Crippen LogP contribution is -2.16. The van der Waals surface area contributed by atoms with Crippen LogP contribution in [0.1, 0.15) is 59.1 Å². The molecule has 1 heterocycles. The van der Waals surface area contributed by atoms with Crippen LogP contribution in [0, 0.1) is 0 Å². The summed E-state index contributed by atoms with van der Waals surface area (Å²) < 4.78 is 0. The summed E-state index contributed by atoms with van der Waals surface area (Å²) in [6, 6.07) is 12.6. The van der Waals surface area contributed by atoms with Gasteiger partial charge in [0.15, 0.2) is 0 Å². The standard InChI is InChI=1S/C20H20N2O3/c23-14-8-5-12(6-9-14)15-3-1-2-4-16(15)19-17-10-7-13(20(24)25)11-18(17)21-22-19/h5-11,15-16,23H,1-4H2,(H,21,22)(H,24,25). The van der Waals surface area contributed by atoms with Crippen molar-refractivity contribution in [3.63, 3.8) is 0 Å². The minimum atomic E-state index is -0.939. The van der Waals surface area contributed by atoms with Crippen molar-refractivity contribution < 1.29 is 15.0 Å². The van der Waals surface area contributed by atoms with Crippen LogP contribution >= 0.6 is 0 Å². The van der Waals surface area contributed by atoms with E-state index in [0.29, 0.717) is 17.4 Å². The van der Waals surface area contributed by atoms with Crippen LogP contribution in [0.3, 0.4) is 0 Å². The van der Waals surface area contributed by atoms with E-state index in [1.165, 1.54) is 18.4 Å². The molecule has 5 heteroatoms. The van der Waals surface area contributed by atoms with Crippen LogP contribution in [0.15, 0.2) is 42.5 Å². The molecule has 0 amide bonds. The lowest BCUT2D eigenvalue weighted by atomic mass is 9.73. The maximum atomic E-state index is 11.2. The van der Waals surface area contributed by atoms with Gasteiger partial charge in [-0.15, -0.1) is 0 Å². The Kier molecular flexibility index (Phi) is 3.92. The first-order valence-electron chi connectivity index (χ1n) is 8.64. The summed E-state index contributed by atoms with van der Waals surface area (Å²) in [5, 5.41) is 27.2. The molecule has 1 aromatic heterocycles. The molecule has 1 fully saturated rings. The van der Waals surface area contributed by atoms with Crippen LogP contribution in [0.4, 0.5) is 0 Å². The third kappa shape index (κ3) is 2.86. The average Bonchev–Trinajstić information content (AvgIpc) is 3.05. The average molecular weight is 336 g/mol. The summed E-state index contributed by atoms with van der Waals surface area (Å²) in [4.78, 5) is 11.2. The Morgan fingerprint density at radius 1 is 1.04 bits per heavy atom. The topological polar surface area (TPSA) is 86.2 Å². The van der Waals surface area contributed by atoms with Crippen molar-refractivity contribution in [3.05, 3.63) is 59.3 Å². The molecule has 2 atom stereocenters. The number of aromatic nitrogens is 2. The number of hydrogen-bond donors (Lipinski definition) is 3. The first-order chi connectivity index (χ1) is 12.1. The zero-order valence-corrected chi connectivity index (χ0v) is 13.8. The second-order valence-corrected chi connectivity index (χ2v) is 6.76. The molecule has 1 aliphatic carbocycles. The molecule has 0 saturated heterocycles. The largest absolute Gasteiger partial charge is 0.508 e. The number of fused-ring (bicyclic) bond motifs is 1. The van der Waals surface area contributed by atoms with Gasteiger partial charge in [-0.05, 0) is 48.6 Å². The molecular weight excluding hydrogens is 316 g/mol. The number of benzene rings is 2. The maximum Gasteiger partial charge on any atom is 0.335 e. The maximum absolute atomic E-state index is 11.2.